The van der Waals surface area contributed by atoms with Gasteiger partial charge in [-0.15, -0.1) is 6.42 Å². The van der Waals surface area contributed by atoms with Crippen molar-refractivity contribution in [1.82, 2.24) is 20.2 Å². The number of piperazine rings is 1. The van der Waals surface area contributed by atoms with Gasteiger partial charge in [0.25, 0.3) is 0 Å². The van der Waals surface area contributed by atoms with Gasteiger partial charge in [-0.2, -0.15) is 15.2 Å². The van der Waals surface area contributed by atoms with Gasteiger partial charge >= 0.3 is 6.01 Å². The maximum Gasteiger partial charge on any atom is 0.319 e. The molecule has 0 spiro atoms. The number of phenols is 1. The predicted octanol–water partition coefficient (Wildman–Crippen LogP) is 6.14. The maximum absolute atomic E-state index is 17.0. The van der Waals surface area contributed by atoms with Crippen molar-refractivity contribution >= 4 is 27.5 Å². The first-order chi connectivity index (χ1) is 23.4. The van der Waals surface area contributed by atoms with Crippen molar-refractivity contribution in [2.45, 2.75) is 75.5 Å². The summed E-state index contributed by atoms with van der Waals surface area (Å²) < 4.78 is 23.4. The van der Waals surface area contributed by atoms with Crippen molar-refractivity contribution in [2.24, 2.45) is 11.3 Å². The van der Waals surface area contributed by atoms with Crippen LogP contribution in [0.15, 0.2) is 42.5 Å². The molecule has 9 heteroatoms. The molecule has 2 N–H and O–H groups in total. The van der Waals surface area contributed by atoms with Crippen LogP contribution in [0.25, 0.3) is 32.8 Å². The Bertz CT molecular complexity index is 2010. The second kappa shape index (κ2) is 11.3. The molecule has 244 valence electrons. The van der Waals surface area contributed by atoms with Crippen LogP contribution < -0.4 is 15.0 Å². The molecule has 48 heavy (non-hydrogen) atoms. The summed E-state index contributed by atoms with van der Waals surface area (Å²) in [5, 5.41) is 26.0. The third-order valence-corrected chi connectivity index (χ3v) is 11.7. The van der Waals surface area contributed by atoms with Gasteiger partial charge in [0, 0.05) is 77.0 Å². The monoisotopic (exact) mass is 642 g/mol. The largest absolute Gasteiger partial charge is 0.508 e. The van der Waals surface area contributed by atoms with E-state index in [9.17, 15) is 10.4 Å². The summed E-state index contributed by atoms with van der Waals surface area (Å²) in [7, 11) is 0. The number of hydrogen-bond acceptors (Lipinski definition) is 8. The standard InChI is InChI=1S/C39H39FN6O2/c1-2-24-4-3-5-25-16-30(47)17-33(34(24)25)31-10-11-32-36(35(31)40)43-38(44-37(32)45-19-26-6-7-27(20-45)42-26)48-22-39(12-13-39)21-46-28-8-9-29(46)15-23(14-28)18-41/h1,3-5,10-11,16-17,23,26-29,42,47H,6-9,12-15,19-22H2. The minimum Gasteiger partial charge on any atom is -0.508 e. The van der Waals surface area contributed by atoms with Crippen LogP contribution in [0.5, 0.6) is 11.8 Å². The Morgan fingerprint density at radius 1 is 1.02 bits per heavy atom. The lowest BCUT2D eigenvalue weighted by Crippen LogP contribution is -2.51. The van der Waals surface area contributed by atoms with Crippen molar-refractivity contribution in [1.29, 1.82) is 5.26 Å². The Morgan fingerprint density at radius 3 is 2.50 bits per heavy atom. The van der Waals surface area contributed by atoms with E-state index in [-0.39, 0.29) is 28.6 Å². The Hall–Kier alpha value is -4.44. The average Bonchev–Trinajstić information content (AvgIpc) is 3.73. The Labute approximate surface area is 279 Å². The summed E-state index contributed by atoms with van der Waals surface area (Å²) in [5.41, 5.74) is 1.70. The number of nitrogens with zero attached hydrogens (tertiary/aromatic N) is 5. The molecule has 0 amide bonds. The van der Waals surface area contributed by atoms with Crippen molar-refractivity contribution in [3.05, 3.63) is 53.8 Å². The van der Waals surface area contributed by atoms with Crippen LogP contribution in [0.2, 0.25) is 0 Å². The maximum atomic E-state index is 17.0. The number of benzene rings is 3. The topological polar surface area (TPSA) is 97.5 Å². The van der Waals surface area contributed by atoms with Crippen LogP contribution >= 0.6 is 0 Å². The van der Waals surface area contributed by atoms with E-state index in [4.69, 9.17) is 21.1 Å². The second-order valence-electron chi connectivity index (χ2n) is 14.9. The molecule has 1 aliphatic carbocycles. The van der Waals surface area contributed by atoms with Gasteiger partial charge in [0.1, 0.15) is 17.1 Å². The van der Waals surface area contributed by atoms with Crippen molar-refractivity contribution < 1.29 is 14.2 Å². The van der Waals surface area contributed by atoms with Gasteiger partial charge < -0.3 is 20.1 Å². The SMILES string of the molecule is C#Cc1cccc2cc(O)cc(-c3ccc4c(N5CC6CCC(C5)N6)nc(OCC5(CN6C7CCC6CC(C#N)C7)CC5)nc4c3F)c12. The quantitative estimate of drug-likeness (QED) is 0.232. The number of aromatic nitrogens is 2. The molecule has 4 aromatic rings. The number of aromatic hydroxyl groups is 1. The molecule has 9 rings (SSSR count). The van der Waals surface area contributed by atoms with Gasteiger partial charge in [0.15, 0.2) is 5.82 Å². The first-order valence-corrected chi connectivity index (χ1v) is 17.4. The van der Waals surface area contributed by atoms with Crippen LogP contribution in [0.4, 0.5) is 10.2 Å². The normalized spacial score (nSPS) is 27.2. The highest BCUT2D eigenvalue weighted by molar-refractivity contribution is 6.04. The molecule has 3 aromatic carbocycles. The summed E-state index contributed by atoms with van der Waals surface area (Å²) in [6.07, 6.45) is 14.5. The predicted molar refractivity (Wildman–Crippen MR) is 183 cm³/mol. The van der Waals surface area contributed by atoms with Crippen molar-refractivity contribution in [3.63, 3.8) is 0 Å². The third kappa shape index (κ3) is 5.03. The van der Waals surface area contributed by atoms with Gasteiger partial charge in [-0.1, -0.05) is 24.1 Å². The van der Waals surface area contributed by atoms with Crippen LogP contribution in [-0.4, -0.2) is 70.4 Å². The molecule has 1 aromatic heterocycles. The summed E-state index contributed by atoms with van der Waals surface area (Å²) in [4.78, 5) is 14.6. The van der Waals surface area contributed by atoms with Crippen LogP contribution in [-0.2, 0) is 0 Å². The van der Waals surface area contributed by atoms with Crippen LogP contribution in [0, 0.1) is 40.8 Å². The highest BCUT2D eigenvalue weighted by atomic mass is 19.1. The van der Waals surface area contributed by atoms with E-state index in [0.717, 1.165) is 63.5 Å². The zero-order valence-electron chi connectivity index (χ0n) is 27.0. The number of nitrogens with one attached hydrogen (secondary N) is 1. The number of phenolic OH excluding ortho intramolecular Hbond substituents is 1. The summed E-state index contributed by atoms with van der Waals surface area (Å²) in [6, 6.07) is 16.8. The van der Waals surface area contributed by atoms with Gasteiger partial charge in [-0.3, -0.25) is 4.90 Å². The van der Waals surface area contributed by atoms with E-state index in [1.54, 1.807) is 18.2 Å². The molecule has 8 nitrogen and oxygen atoms in total. The average molecular weight is 643 g/mol. The van der Waals surface area contributed by atoms with Gasteiger partial charge in [0.05, 0.1) is 12.7 Å². The van der Waals surface area contributed by atoms with E-state index in [0.29, 0.717) is 64.1 Å². The molecule has 5 aliphatic rings. The van der Waals surface area contributed by atoms with E-state index >= 15 is 4.39 Å². The minimum absolute atomic E-state index is 0.0272. The smallest absolute Gasteiger partial charge is 0.319 e. The lowest BCUT2D eigenvalue weighted by molar-refractivity contribution is 0.0760. The highest BCUT2D eigenvalue weighted by Gasteiger charge is 2.50. The molecule has 4 atom stereocenters. The molecular formula is C39H39FN6O2. The zero-order valence-corrected chi connectivity index (χ0v) is 27.0. The lowest BCUT2D eigenvalue weighted by atomic mass is 9.90. The molecule has 4 bridgehead atoms. The molecule has 4 aliphatic heterocycles. The van der Waals surface area contributed by atoms with Crippen LogP contribution in [0.3, 0.4) is 0 Å². The summed E-state index contributed by atoms with van der Waals surface area (Å²) >= 11 is 0. The molecule has 0 radical (unpaired) electrons. The number of halogens is 1. The van der Waals surface area contributed by atoms with E-state index < -0.39 is 5.82 Å². The summed E-state index contributed by atoms with van der Waals surface area (Å²) in [5.74, 6) is 3.15. The first kappa shape index (κ1) is 29.7. The van der Waals surface area contributed by atoms with Gasteiger partial charge in [-0.05, 0) is 86.6 Å². The second-order valence-corrected chi connectivity index (χ2v) is 14.9. The number of nitriles is 1. The fourth-order valence-electron chi connectivity index (χ4n) is 9.12. The van der Waals surface area contributed by atoms with E-state index in [1.165, 1.54) is 12.8 Å². The third-order valence-electron chi connectivity index (χ3n) is 11.7. The zero-order chi connectivity index (χ0) is 32.6. The molecule has 5 heterocycles. The number of terminal acetylenes is 1. The van der Waals surface area contributed by atoms with E-state index in [1.807, 2.05) is 24.3 Å². The molecule has 4 saturated heterocycles. The molecule has 4 unspecified atom stereocenters. The number of piperidine rings is 1. The number of anilines is 1. The Morgan fingerprint density at radius 2 is 1.79 bits per heavy atom. The fourth-order valence-corrected chi connectivity index (χ4v) is 9.12. The first-order valence-electron chi connectivity index (χ1n) is 17.4. The van der Waals surface area contributed by atoms with Crippen molar-refractivity contribution in [2.75, 3.05) is 31.1 Å². The number of ether oxygens (including phenoxy) is 1. The number of hydrogen-bond donors (Lipinski definition) is 2. The molecule has 1 saturated carbocycles. The molecular weight excluding hydrogens is 603 g/mol. The van der Waals surface area contributed by atoms with Gasteiger partial charge in [-0.25, -0.2) is 4.39 Å². The number of fused-ring (bicyclic) bond motifs is 6. The summed E-state index contributed by atoms with van der Waals surface area (Å²) in [6.45, 7) is 3.02. The molecule has 5 fully saturated rings. The number of rotatable bonds is 7. The van der Waals surface area contributed by atoms with E-state index in [2.05, 4.69) is 27.1 Å². The van der Waals surface area contributed by atoms with Crippen LogP contribution in [0.1, 0.15) is 56.9 Å². The minimum atomic E-state index is -0.490. The Kier molecular flexibility index (Phi) is 7.00. The van der Waals surface area contributed by atoms with Gasteiger partial charge in [0.2, 0.25) is 0 Å². The fraction of sp³-hybridized carbons (Fsp3) is 0.462. The highest BCUT2D eigenvalue weighted by Crippen LogP contribution is 2.50. The Balaban J connectivity index is 1.09. The van der Waals surface area contributed by atoms with Crippen molar-refractivity contribution in [3.8, 4) is 41.3 Å². The lowest BCUT2D eigenvalue weighted by Gasteiger charge is -2.39.